The van der Waals surface area contributed by atoms with Gasteiger partial charge in [-0.05, 0) is 25.3 Å². The van der Waals surface area contributed by atoms with E-state index < -0.39 is 0 Å². The maximum Gasteiger partial charge on any atom is 0.270 e. The molecule has 0 aliphatic carbocycles. The molecule has 3 N–H and O–H groups in total. The first-order chi connectivity index (χ1) is 9.71. The van der Waals surface area contributed by atoms with Crippen LogP contribution >= 0.6 is 23.7 Å². The Bertz CT molecular complexity index is 398. The predicted octanol–water partition coefficient (Wildman–Crippen LogP) is 3.40. The Hall–Kier alpha value is -0.650. The SMILES string of the molecule is CCCCC(CCC)CNC(=O)c1csc(CCN)n1.Cl. The number of rotatable bonds is 10. The fraction of sp³-hybridized carbons (Fsp3) is 0.733. The molecule has 21 heavy (non-hydrogen) atoms. The van der Waals surface area contributed by atoms with Gasteiger partial charge in [-0.15, -0.1) is 23.7 Å². The fourth-order valence-corrected chi connectivity index (χ4v) is 3.02. The maximum absolute atomic E-state index is 12.0. The molecule has 0 saturated heterocycles. The molecule has 1 aromatic rings. The molecule has 122 valence electrons. The van der Waals surface area contributed by atoms with Crippen molar-refractivity contribution in [2.24, 2.45) is 11.7 Å². The van der Waals surface area contributed by atoms with E-state index >= 15 is 0 Å². The summed E-state index contributed by atoms with van der Waals surface area (Å²) < 4.78 is 0. The first kappa shape index (κ1) is 20.3. The van der Waals surface area contributed by atoms with Gasteiger partial charge in [0.25, 0.3) is 5.91 Å². The zero-order valence-corrected chi connectivity index (χ0v) is 14.7. The normalized spacial score (nSPS) is 11.8. The lowest BCUT2D eigenvalue weighted by Crippen LogP contribution is -2.29. The van der Waals surface area contributed by atoms with E-state index in [4.69, 9.17) is 5.73 Å². The van der Waals surface area contributed by atoms with Gasteiger partial charge in [0.2, 0.25) is 0 Å². The molecule has 0 fully saturated rings. The first-order valence-corrected chi connectivity index (χ1v) is 8.51. The summed E-state index contributed by atoms with van der Waals surface area (Å²) in [6, 6.07) is 0. The molecule has 1 unspecified atom stereocenters. The molecule has 6 heteroatoms. The smallest absolute Gasteiger partial charge is 0.270 e. The number of nitrogens with zero attached hydrogens (tertiary/aromatic N) is 1. The molecular formula is C15H28ClN3OS. The second kappa shape index (κ2) is 12.0. The number of hydrogen-bond donors (Lipinski definition) is 2. The minimum absolute atomic E-state index is 0. The number of hydrogen-bond acceptors (Lipinski definition) is 4. The number of nitrogens with one attached hydrogen (secondary N) is 1. The molecule has 0 spiro atoms. The zero-order chi connectivity index (χ0) is 14.8. The van der Waals surface area contributed by atoms with Crippen LogP contribution in [0.5, 0.6) is 0 Å². The highest BCUT2D eigenvalue weighted by atomic mass is 35.5. The summed E-state index contributed by atoms with van der Waals surface area (Å²) in [5.74, 6) is 0.535. The van der Waals surface area contributed by atoms with Gasteiger partial charge in [-0.1, -0.05) is 33.1 Å². The van der Waals surface area contributed by atoms with E-state index in [-0.39, 0.29) is 18.3 Å². The summed E-state index contributed by atoms with van der Waals surface area (Å²) in [6.07, 6.45) is 6.73. The quantitative estimate of drug-likeness (QED) is 0.689. The van der Waals surface area contributed by atoms with E-state index in [2.05, 4.69) is 24.1 Å². The van der Waals surface area contributed by atoms with Crippen molar-refractivity contribution in [1.82, 2.24) is 10.3 Å². The van der Waals surface area contributed by atoms with Crippen molar-refractivity contribution in [3.8, 4) is 0 Å². The average Bonchev–Trinajstić information content (AvgIpc) is 2.90. The molecule has 0 bridgehead atoms. The van der Waals surface area contributed by atoms with E-state index in [0.29, 0.717) is 18.2 Å². The Morgan fingerprint density at radius 3 is 2.76 bits per heavy atom. The highest BCUT2D eigenvalue weighted by molar-refractivity contribution is 7.09. The zero-order valence-electron chi connectivity index (χ0n) is 13.1. The molecule has 1 aromatic heterocycles. The van der Waals surface area contributed by atoms with Crippen molar-refractivity contribution >= 4 is 29.7 Å². The number of carbonyl (C=O) groups excluding carboxylic acids is 1. The summed E-state index contributed by atoms with van der Waals surface area (Å²) in [4.78, 5) is 16.4. The van der Waals surface area contributed by atoms with Crippen molar-refractivity contribution in [2.75, 3.05) is 13.1 Å². The number of amides is 1. The monoisotopic (exact) mass is 333 g/mol. The van der Waals surface area contributed by atoms with Crippen LogP contribution in [0.4, 0.5) is 0 Å². The molecule has 0 aliphatic heterocycles. The lowest BCUT2D eigenvalue weighted by molar-refractivity contribution is 0.0941. The Kier molecular flexibility index (Phi) is 11.6. The van der Waals surface area contributed by atoms with Crippen LogP contribution in [0.2, 0.25) is 0 Å². The van der Waals surface area contributed by atoms with Crippen LogP contribution in [-0.4, -0.2) is 24.0 Å². The maximum atomic E-state index is 12.0. The second-order valence-electron chi connectivity index (χ2n) is 5.17. The molecule has 1 rings (SSSR count). The van der Waals surface area contributed by atoms with E-state index in [1.54, 1.807) is 0 Å². The summed E-state index contributed by atoms with van der Waals surface area (Å²) in [5.41, 5.74) is 6.02. The number of thiazole rings is 1. The molecular weight excluding hydrogens is 306 g/mol. The lowest BCUT2D eigenvalue weighted by Gasteiger charge is -2.16. The van der Waals surface area contributed by atoms with Crippen LogP contribution in [0.3, 0.4) is 0 Å². The van der Waals surface area contributed by atoms with Crippen molar-refractivity contribution in [3.63, 3.8) is 0 Å². The third kappa shape index (κ3) is 7.79. The predicted molar refractivity (Wildman–Crippen MR) is 92.4 cm³/mol. The molecule has 1 atom stereocenters. The number of unbranched alkanes of at least 4 members (excludes halogenated alkanes) is 1. The van der Waals surface area contributed by atoms with Crippen LogP contribution in [0.15, 0.2) is 5.38 Å². The summed E-state index contributed by atoms with van der Waals surface area (Å²) >= 11 is 1.51. The molecule has 1 amide bonds. The lowest BCUT2D eigenvalue weighted by atomic mass is 9.97. The van der Waals surface area contributed by atoms with Crippen LogP contribution < -0.4 is 11.1 Å². The van der Waals surface area contributed by atoms with Crippen LogP contribution in [0.1, 0.15) is 61.4 Å². The third-order valence-electron chi connectivity index (χ3n) is 3.36. The van der Waals surface area contributed by atoms with E-state index in [1.807, 2.05) is 5.38 Å². The Labute approximate surface area is 138 Å². The molecule has 0 saturated carbocycles. The Morgan fingerprint density at radius 2 is 2.14 bits per heavy atom. The van der Waals surface area contributed by atoms with E-state index in [0.717, 1.165) is 18.0 Å². The minimum atomic E-state index is -0.0536. The van der Waals surface area contributed by atoms with Crippen LogP contribution in [0, 0.1) is 5.92 Å². The molecule has 1 heterocycles. The van der Waals surface area contributed by atoms with Gasteiger partial charge < -0.3 is 11.1 Å². The Balaban J connectivity index is 0.00000400. The van der Waals surface area contributed by atoms with Crippen molar-refractivity contribution in [2.45, 2.75) is 52.4 Å². The first-order valence-electron chi connectivity index (χ1n) is 7.63. The number of carbonyl (C=O) groups is 1. The van der Waals surface area contributed by atoms with Gasteiger partial charge in [-0.25, -0.2) is 4.98 Å². The van der Waals surface area contributed by atoms with Crippen LogP contribution in [0.25, 0.3) is 0 Å². The summed E-state index contributed by atoms with van der Waals surface area (Å²) in [7, 11) is 0. The topological polar surface area (TPSA) is 68.0 Å². The van der Waals surface area contributed by atoms with Gasteiger partial charge in [-0.3, -0.25) is 4.79 Å². The highest BCUT2D eigenvalue weighted by Crippen LogP contribution is 2.14. The molecule has 0 aliphatic rings. The van der Waals surface area contributed by atoms with Crippen molar-refractivity contribution < 1.29 is 4.79 Å². The number of aromatic nitrogens is 1. The van der Waals surface area contributed by atoms with Gasteiger partial charge in [0.15, 0.2) is 0 Å². The van der Waals surface area contributed by atoms with Gasteiger partial charge >= 0.3 is 0 Å². The molecule has 4 nitrogen and oxygen atoms in total. The van der Waals surface area contributed by atoms with E-state index in [9.17, 15) is 4.79 Å². The molecule has 0 aromatic carbocycles. The number of halogens is 1. The fourth-order valence-electron chi connectivity index (χ4n) is 2.23. The third-order valence-corrected chi connectivity index (χ3v) is 4.27. The van der Waals surface area contributed by atoms with Gasteiger partial charge in [-0.2, -0.15) is 0 Å². The average molecular weight is 334 g/mol. The van der Waals surface area contributed by atoms with Gasteiger partial charge in [0.1, 0.15) is 5.69 Å². The summed E-state index contributed by atoms with van der Waals surface area (Å²) in [5, 5.41) is 5.78. The van der Waals surface area contributed by atoms with Crippen molar-refractivity contribution in [1.29, 1.82) is 0 Å². The van der Waals surface area contributed by atoms with Gasteiger partial charge in [0.05, 0.1) is 5.01 Å². The van der Waals surface area contributed by atoms with Crippen molar-refractivity contribution in [3.05, 3.63) is 16.1 Å². The summed E-state index contributed by atoms with van der Waals surface area (Å²) in [6.45, 7) is 5.73. The standard InChI is InChI=1S/C15H27N3OS.ClH/c1-3-5-7-12(6-4-2)10-17-15(19)13-11-20-14(18-13)8-9-16;/h11-12H,3-10,16H2,1-2H3,(H,17,19);1H. The Morgan fingerprint density at radius 1 is 1.38 bits per heavy atom. The van der Waals surface area contributed by atoms with Gasteiger partial charge in [0, 0.05) is 18.3 Å². The second-order valence-corrected chi connectivity index (χ2v) is 6.11. The molecule has 0 radical (unpaired) electrons. The van der Waals surface area contributed by atoms with Crippen LogP contribution in [-0.2, 0) is 6.42 Å². The van der Waals surface area contributed by atoms with E-state index in [1.165, 1.54) is 43.4 Å². The number of nitrogens with two attached hydrogens (primary N) is 1. The largest absolute Gasteiger partial charge is 0.350 e. The highest BCUT2D eigenvalue weighted by Gasteiger charge is 2.13. The minimum Gasteiger partial charge on any atom is -0.350 e.